The lowest BCUT2D eigenvalue weighted by molar-refractivity contribution is -0.139. The Kier molecular flexibility index (Phi) is 5.70. The van der Waals surface area contributed by atoms with Crippen molar-refractivity contribution < 1.29 is 19.5 Å². The van der Waals surface area contributed by atoms with Gasteiger partial charge >= 0.3 is 12.0 Å². The molecular weight excluding hydrogens is 278 g/mol. The van der Waals surface area contributed by atoms with Crippen LogP contribution in [0.1, 0.15) is 24.1 Å². The third kappa shape index (κ3) is 5.13. The summed E-state index contributed by atoms with van der Waals surface area (Å²) in [6.07, 6.45) is 1.46. The number of hydrogen-bond acceptors (Lipinski definition) is 4. The zero-order valence-corrected chi connectivity index (χ0v) is 11.9. The quantitative estimate of drug-likeness (QED) is 0.524. The number of aryl methyl sites for hydroxylation is 1. The molecule has 1 aromatic heterocycles. The molecule has 0 saturated carbocycles. The van der Waals surface area contributed by atoms with Gasteiger partial charge in [0.2, 0.25) is 5.91 Å². The molecule has 1 aromatic rings. The van der Waals surface area contributed by atoms with E-state index in [0.717, 1.165) is 11.3 Å². The summed E-state index contributed by atoms with van der Waals surface area (Å²) in [6.45, 7) is 2.09. The van der Waals surface area contributed by atoms with E-state index in [9.17, 15) is 14.4 Å². The molecule has 9 nitrogen and oxygen atoms in total. The summed E-state index contributed by atoms with van der Waals surface area (Å²) in [4.78, 5) is 33.3. The van der Waals surface area contributed by atoms with Gasteiger partial charge in [0.25, 0.3) is 0 Å². The molecule has 1 heterocycles. The number of aromatic nitrogens is 2. The number of carboxylic acid groups (broad SMARTS) is 1. The molecule has 0 fully saturated rings. The lowest BCUT2D eigenvalue weighted by Gasteiger charge is -2.14. The second-order valence-electron chi connectivity index (χ2n) is 4.60. The summed E-state index contributed by atoms with van der Waals surface area (Å²) in [5.74, 6) is -1.83. The molecule has 0 aliphatic carbocycles. The van der Waals surface area contributed by atoms with Gasteiger partial charge in [-0.1, -0.05) is 0 Å². The fraction of sp³-hybridized carbons (Fsp3) is 0.500. The van der Waals surface area contributed by atoms with Gasteiger partial charge in [-0.2, -0.15) is 5.10 Å². The highest BCUT2D eigenvalue weighted by Gasteiger charge is 2.20. The molecule has 0 bridgehead atoms. The Hall–Kier alpha value is -2.58. The van der Waals surface area contributed by atoms with Crippen molar-refractivity contribution in [1.29, 1.82) is 0 Å². The Morgan fingerprint density at radius 3 is 2.62 bits per heavy atom. The van der Waals surface area contributed by atoms with Crippen molar-refractivity contribution >= 4 is 17.9 Å². The van der Waals surface area contributed by atoms with Crippen LogP contribution in [-0.4, -0.2) is 38.8 Å². The van der Waals surface area contributed by atoms with E-state index in [0.29, 0.717) is 0 Å². The van der Waals surface area contributed by atoms with Crippen LogP contribution in [0.3, 0.4) is 0 Å². The van der Waals surface area contributed by atoms with Crippen molar-refractivity contribution in [3.63, 3.8) is 0 Å². The zero-order chi connectivity index (χ0) is 16.0. The summed E-state index contributed by atoms with van der Waals surface area (Å²) in [5.41, 5.74) is 6.69. The smallest absolute Gasteiger partial charge is 0.326 e. The van der Waals surface area contributed by atoms with Crippen molar-refractivity contribution in [2.24, 2.45) is 12.8 Å². The normalized spacial score (nSPS) is 11.7. The van der Waals surface area contributed by atoms with Gasteiger partial charge in [-0.3, -0.25) is 9.48 Å². The molecule has 0 aliphatic heterocycles. The number of nitrogens with one attached hydrogen (secondary N) is 2. The third-order valence-electron chi connectivity index (χ3n) is 3.06. The van der Waals surface area contributed by atoms with E-state index in [1.807, 2.05) is 6.92 Å². The summed E-state index contributed by atoms with van der Waals surface area (Å²) in [5, 5.41) is 17.8. The third-order valence-corrected chi connectivity index (χ3v) is 3.06. The van der Waals surface area contributed by atoms with Crippen LogP contribution in [0.15, 0.2) is 6.20 Å². The summed E-state index contributed by atoms with van der Waals surface area (Å²) < 4.78 is 1.67. The molecule has 0 aromatic carbocycles. The fourth-order valence-electron chi connectivity index (χ4n) is 1.65. The van der Waals surface area contributed by atoms with Crippen molar-refractivity contribution in [1.82, 2.24) is 20.4 Å². The zero-order valence-electron chi connectivity index (χ0n) is 11.9. The minimum atomic E-state index is -1.22. The summed E-state index contributed by atoms with van der Waals surface area (Å²) in [6, 6.07) is -1.79. The summed E-state index contributed by atoms with van der Waals surface area (Å²) >= 11 is 0. The minimum absolute atomic E-state index is 0.0516. The van der Waals surface area contributed by atoms with E-state index < -0.39 is 23.9 Å². The molecule has 21 heavy (non-hydrogen) atoms. The standard InChI is InChI=1S/C12H19N5O4/c1-7-8(6-15-17(7)2)5-14-12(21)16-9(11(19)20)3-4-10(13)18/h6,9H,3-5H2,1-2H3,(H2,13,18)(H,19,20)(H2,14,16,21)/t9-/m0/s1. The molecule has 0 unspecified atom stereocenters. The molecule has 5 N–H and O–H groups in total. The van der Waals surface area contributed by atoms with Crippen LogP contribution in [0.4, 0.5) is 4.79 Å². The van der Waals surface area contributed by atoms with Gasteiger partial charge in [-0.25, -0.2) is 9.59 Å². The number of hydrogen-bond donors (Lipinski definition) is 4. The number of primary amides is 1. The lowest BCUT2D eigenvalue weighted by Crippen LogP contribution is -2.46. The van der Waals surface area contributed by atoms with Crippen LogP contribution in [0.25, 0.3) is 0 Å². The van der Waals surface area contributed by atoms with Crippen molar-refractivity contribution in [3.05, 3.63) is 17.5 Å². The maximum absolute atomic E-state index is 11.7. The highest BCUT2D eigenvalue weighted by molar-refractivity contribution is 5.83. The van der Waals surface area contributed by atoms with Gasteiger partial charge in [0.15, 0.2) is 0 Å². The van der Waals surface area contributed by atoms with Crippen LogP contribution >= 0.6 is 0 Å². The Morgan fingerprint density at radius 1 is 1.48 bits per heavy atom. The van der Waals surface area contributed by atoms with Gasteiger partial charge in [0, 0.05) is 31.3 Å². The Bertz CT molecular complexity index is 540. The number of aliphatic carboxylic acids is 1. The van der Waals surface area contributed by atoms with E-state index in [4.69, 9.17) is 10.8 Å². The first-order valence-corrected chi connectivity index (χ1v) is 6.34. The van der Waals surface area contributed by atoms with E-state index in [2.05, 4.69) is 15.7 Å². The van der Waals surface area contributed by atoms with Crippen LogP contribution in [0, 0.1) is 6.92 Å². The first-order chi connectivity index (χ1) is 9.81. The highest BCUT2D eigenvalue weighted by atomic mass is 16.4. The SMILES string of the molecule is Cc1c(CNC(=O)N[C@@H](CCC(N)=O)C(=O)O)cnn1C. The number of carbonyl (C=O) groups is 3. The highest BCUT2D eigenvalue weighted by Crippen LogP contribution is 2.04. The van der Waals surface area contributed by atoms with E-state index in [1.54, 1.807) is 17.9 Å². The van der Waals surface area contributed by atoms with Crippen LogP contribution in [0.2, 0.25) is 0 Å². The molecule has 0 saturated heterocycles. The fourth-order valence-corrected chi connectivity index (χ4v) is 1.65. The summed E-state index contributed by atoms with van der Waals surface area (Å²) in [7, 11) is 1.78. The topological polar surface area (TPSA) is 139 Å². The van der Waals surface area contributed by atoms with Gasteiger partial charge in [0.1, 0.15) is 6.04 Å². The maximum Gasteiger partial charge on any atom is 0.326 e. The predicted molar refractivity (Wildman–Crippen MR) is 73.2 cm³/mol. The number of carbonyl (C=O) groups excluding carboxylic acids is 2. The molecule has 3 amide bonds. The average Bonchev–Trinajstić information content (AvgIpc) is 2.72. The van der Waals surface area contributed by atoms with Gasteiger partial charge in [-0.05, 0) is 13.3 Å². The second-order valence-corrected chi connectivity index (χ2v) is 4.60. The Labute approximate surface area is 121 Å². The second kappa shape index (κ2) is 7.27. The molecular formula is C12H19N5O4. The molecule has 0 aliphatic rings. The minimum Gasteiger partial charge on any atom is -0.480 e. The average molecular weight is 297 g/mol. The van der Waals surface area contributed by atoms with Crippen molar-refractivity contribution in [2.75, 3.05) is 0 Å². The largest absolute Gasteiger partial charge is 0.480 e. The van der Waals surface area contributed by atoms with Crippen LogP contribution in [0.5, 0.6) is 0 Å². The monoisotopic (exact) mass is 297 g/mol. The van der Waals surface area contributed by atoms with Gasteiger partial charge in [0.05, 0.1) is 6.20 Å². The van der Waals surface area contributed by atoms with Crippen molar-refractivity contribution in [2.45, 2.75) is 32.4 Å². The predicted octanol–water partition coefficient (Wildman–Crippen LogP) is -0.754. The number of nitrogens with zero attached hydrogens (tertiary/aromatic N) is 2. The van der Waals surface area contributed by atoms with E-state index in [1.165, 1.54) is 0 Å². The van der Waals surface area contributed by atoms with Gasteiger partial charge < -0.3 is 21.5 Å². The van der Waals surface area contributed by atoms with Crippen LogP contribution < -0.4 is 16.4 Å². The number of carboxylic acids is 1. The number of urea groups is 1. The van der Waals surface area contributed by atoms with Crippen molar-refractivity contribution in [3.8, 4) is 0 Å². The molecule has 116 valence electrons. The maximum atomic E-state index is 11.7. The molecule has 0 radical (unpaired) electrons. The number of nitrogens with two attached hydrogens (primary N) is 1. The van der Waals surface area contributed by atoms with Gasteiger partial charge in [-0.15, -0.1) is 0 Å². The molecule has 0 spiro atoms. The Balaban J connectivity index is 2.48. The first kappa shape index (κ1) is 16.5. The first-order valence-electron chi connectivity index (χ1n) is 6.34. The molecule has 9 heteroatoms. The number of amides is 3. The Morgan fingerprint density at radius 2 is 2.14 bits per heavy atom. The van der Waals surface area contributed by atoms with Crippen LogP contribution in [-0.2, 0) is 23.2 Å². The lowest BCUT2D eigenvalue weighted by atomic mass is 10.1. The molecule has 1 atom stereocenters. The van der Waals surface area contributed by atoms with E-state index in [-0.39, 0.29) is 19.4 Å². The number of rotatable bonds is 7. The van der Waals surface area contributed by atoms with E-state index >= 15 is 0 Å². The molecule has 1 rings (SSSR count).